The van der Waals surface area contributed by atoms with Crippen molar-refractivity contribution >= 4 is 0 Å². The normalized spacial score (nSPS) is 20.1. The maximum atomic E-state index is 6.35. The van der Waals surface area contributed by atoms with Crippen LogP contribution in [-0.2, 0) is 16.9 Å². The van der Waals surface area contributed by atoms with Crippen molar-refractivity contribution in [1.82, 2.24) is 0 Å². The number of hydrogen-bond donors (Lipinski definition) is 1. The van der Waals surface area contributed by atoms with Gasteiger partial charge in [-0.3, -0.25) is 0 Å². The van der Waals surface area contributed by atoms with Crippen LogP contribution in [-0.4, -0.2) is 13.9 Å². The third-order valence-corrected chi connectivity index (χ3v) is 3.68. The number of methoxy groups -OCH3 is 1. The van der Waals surface area contributed by atoms with Crippen LogP contribution in [0.15, 0.2) is 12.1 Å². The molecule has 0 amide bonds. The molecule has 1 aliphatic heterocycles. The van der Waals surface area contributed by atoms with Crippen molar-refractivity contribution in [2.75, 3.05) is 13.9 Å². The molecule has 0 spiro atoms. The van der Waals surface area contributed by atoms with Crippen LogP contribution in [0.4, 0.5) is 0 Å². The number of nitrogens with two attached hydrogens (primary N) is 1. The molecule has 0 radical (unpaired) electrons. The minimum Gasteiger partial charge on any atom is -0.453 e. The van der Waals surface area contributed by atoms with Gasteiger partial charge >= 0.3 is 0 Å². The van der Waals surface area contributed by atoms with Crippen LogP contribution in [0.2, 0.25) is 0 Å². The molecule has 17 heavy (non-hydrogen) atoms. The summed E-state index contributed by atoms with van der Waals surface area (Å²) in [5, 5.41) is 0. The molecule has 0 atom stereocenters. The van der Waals surface area contributed by atoms with Gasteiger partial charge < -0.3 is 19.9 Å². The fourth-order valence-electron chi connectivity index (χ4n) is 2.54. The van der Waals surface area contributed by atoms with Gasteiger partial charge in [0.15, 0.2) is 11.5 Å². The van der Waals surface area contributed by atoms with Gasteiger partial charge in [-0.25, -0.2) is 0 Å². The summed E-state index contributed by atoms with van der Waals surface area (Å²) in [7, 11) is 1.67. The Morgan fingerprint density at radius 3 is 2.71 bits per heavy atom. The van der Waals surface area contributed by atoms with Gasteiger partial charge in [0, 0.05) is 23.8 Å². The Morgan fingerprint density at radius 1 is 1.29 bits per heavy atom. The summed E-state index contributed by atoms with van der Waals surface area (Å²) in [6.07, 6.45) is 3.23. The van der Waals surface area contributed by atoms with Gasteiger partial charge in [0.25, 0.3) is 0 Å². The van der Waals surface area contributed by atoms with Crippen LogP contribution in [0, 0.1) is 0 Å². The van der Waals surface area contributed by atoms with Gasteiger partial charge in [-0.1, -0.05) is 12.1 Å². The van der Waals surface area contributed by atoms with Gasteiger partial charge in [-0.05, 0) is 19.3 Å². The molecule has 0 bridgehead atoms. The minimum atomic E-state index is -0.219. The summed E-state index contributed by atoms with van der Waals surface area (Å²) < 4.78 is 16.3. The van der Waals surface area contributed by atoms with Crippen molar-refractivity contribution in [3.63, 3.8) is 0 Å². The quantitative estimate of drug-likeness (QED) is 0.869. The van der Waals surface area contributed by atoms with E-state index in [1.165, 1.54) is 6.42 Å². The molecule has 1 aromatic rings. The molecule has 2 N–H and O–H groups in total. The minimum absolute atomic E-state index is 0.219. The van der Waals surface area contributed by atoms with Crippen LogP contribution in [0.3, 0.4) is 0 Å². The highest BCUT2D eigenvalue weighted by Crippen LogP contribution is 2.48. The van der Waals surface area contributed by atoms with Crippen molar-refractivity contribution in [2.24, 2.45) is 5.73 Å². The molecule has 2 aliphatic rings. The first-order chi connectivity index (χ1) is 8.24. The average Bonchev–Trinajstić information content (AvgIpc) is 2.76. The first-order valence-corrected chi connectivity index (χ1v) is 5.94. The fourth-order valence-corrected chi connectivity index (χ4v) is 2.54. The van der Waals surface area contributed by atoms with Gasteiger partial charge in [0.05, 0.1) is 6.61 Å². The van der Waals surface area contributed by atoms with E-state index >= 15 is 0 Å². The summed E-state index contributed by atoms with van der Waals surface area (Å²) >= 11 is 0. The zero-order chi connectivity index (χ0) is 11.9. The van der Waals surface area contributed by atoms with Crippen molar-refractivity contribution < 1.29 is 14.2 Å². The van der Waals surface area contributed by atoms with Crippen molar-refractivity contribution in [1.29, 1.82) is 0 Å². The molecule has 0 aromatic heterocycles. The molecule has 1 saturated carbocycles. The summed E-state index contributed by atoms with van der Waals surface area (Å²) in [5.74, 6) is 1.63. The molecule has 92 valence electrons. The second-order valence-electron chi connectivity index (χ2n) is 4.78. The topological polar surface area (TPSA) is 53.7 Å². The van der Waals surface area contributed by atoms with Crippen molar-refractivity contribution in [3.8, 4) is 11.5 Å². The van der Waals surface area contributed by atoms with E-state index in [-0.39, 0.29) is 12.3 Å². The third-order valence-electron chi connectivity index (χ3n) is 3.68. The second kappa shape index (κ2) is 3.89. The Morgan fingerprint density at radius 2 is 2.06 bits per heavy atom. The highest BCUT2D eigenvalue weighted by Gasteiger charge is 2.39. The number of hydrogen-bond acceptors (Lipinski definition) is 4. The molecule has 3 rings (SSSR count). The number of ether oxygens (including phenoxy) is 3. The Kier molecular flexibility index (Phi) is 2.49. The highest BCUT2D eigenvalue weighted by atomic mass is 16.7. The zero-order valence-corrected chi connectivity index (χ0v) is 9.99. The van der Waals surface area contributed by atoms with Gasteiger partial charge in [0.1, 0.15) is 0 Å². The largest absolute Gasteiger partial charge is 0.453 e. The van der Waals surface area contributed by atoms with E-state index < -0.39 is 0 Å². The highest BCUT2D eigenvalue weighted by molar-refractivity contribution is 5.56. The fraction of sp³-hybridized carbons (Fsp3) is 0.538. The van der Waals surface area contributed by atoms with E-state index in [1.807, 2.05) is 6.07 Å². The molecular weight excluding hydrogens is 218 g/mol. The summed E-state index contributed by atoms with van der Waals surface area (Å²) in [5.41, 5.74) is 8.24. The Bertz CT molecular complexity index is 441. The Labute approximate surface area is 101 Å². The van der Waals surface area contributed by atoms with E-state index in [4.69, 9.17) is 19.9 Å². The Hall–Kier alpha value is -1.26. The van der Waals surface area contributed by atoms with E-state index in [2.05, 4.69) is 6.07 Å². The van der Waals surface area contributed by atoms with Crippen molar-refractivity contribution in [3.05, 3.63) is 23.3 Å². The first-order valence-electron chi connectivity index (χ1n) is 5.94. The predicted octanol–water partition coefficient (Wildman–Crippen LogP) is 1.90. The lowest BCUT2D eigenvalue weighted by Crippen LogP contribution is -2.43. The van der Waals surface area contributed by atoms with E-state index in [1.54, 1.807) is 7.11 Å². The second-order valence-corrected chi connectivity index (χ2v) is 4.78. The predicted molar refractivity (Wildman–Crippen MR) is 63.0 cm³/mol. The Balaban J connectivity index is 2.04. The molecule has 0 unspecified atom stereocenters. The third kappa shape index (κ3) is 1.59. The molecule has 4 heteroatoms. The van der Waals surface area contributed by atoms with E-state index in [0.717, 1.165) is 35.5 Å². The summed E-state index contributed by atoms with van der Waals surface area (Å²) in [6.45, 7) is 0.808. The maximum Gasteiger partial charge on any atom is 0.231 e. The van der Waals surface area contributed by atoms with Crippen LogP contribution in [0.1, 0.15) is 30.4 Å². The zero-order valence-electron chi connectivity index (χ0n) is 9.99. The van der Waals surface area contributed by atoms with Crippen LogP contribution in [0.25, 0.3) is 0 Å². The molecule has 1 heterocycles. The number of rotatable bonds is 3. The molecule has 1 aromatic carbocycles. The first kappa shape index (κ1) is 10.9. The molecule has 1 aliphatic carbocycles. The number of benzene rings is 1. The SMILES string of the molecule is COCc1ccc(C2(N)CCC2)c2c1OCO2. The van der Waals surface area contributed by atoms with E-state index in [9.17, 15) is 0 Å². The molecule has 0 saturated heterocycles. The van der Waals surface area contributed by atoms with Crippen LogP contribution >= 0.6 is 0 Å². The maximum absolute atomic E-state index is 6.35. The monoisotopic (exact) mass is 235 g/mol. The lowest BCUT2D eigenvalue weighted by Gasteiger charge is -2.39. The molecule has 1 fully saturated rings. The standard InChI is InChI=1S/C13H17NO3/c1-15-7-9-3-4-10(13(14)5-2-6-13)12-11(9)16-8-17-12/h3-4H,2,5-8,14H2,1H3. The lowest BCUT2D eigenvalue weighted by molar-refractivity contribution is 0.160. The van der Waals surface area contributed by atoms with Gasteiger partial charge in [-0.15, -0.1) is 0 Å². The summed E-state index contributed by atoms with van der Waals surface area (Å²) in [4.78, 5) is 0. The van der Waals surface area contributed by atoms with Gasteiger partial charge in [-0.2, -0.15) is 0 Å². The molecule has 4 nitrogen and oxygen atoms in total. The summed E-state index contributed by atoms with van der Waals surface area (Å²) in [6, 6.07) is 4.08. The van der Waals surface area contributed by atoms with Gasteiger partial charge in [0.2, 0.25) is 6.79 Å². The van der Waals surface area contributed by atoms with Crippen LogP contribution in [0.5, 0.6) is 11.5 Å². The average molecular weight is 235 g/mol. The van der Waals surface area contributed by atoms with Crippen molar-refractivity contribution in [2.45, 2.75) is 31.4 Å². The molecular formula is C13H17NO3. The lowest BCUT2D eigenvalue weighted by atomic mass is 9.72. The smallest absolute Gasteiger partial charge is 0.231 e. The van der Waals surface area contributed by atoms with E-state index in [0.29, 0.717) is 6.61 Å². The van der Waals surface area contributed by atoms with Crippen LogP contribution < -0.4 is 15.2 Å². The number of fused-ring (bicyclic) bond motifs is 1.